The van der Waals surface area contributed by atoms with Crippen LogP contribution in [0.2, 0.25) is 0 Å². The number of anilines is 1. The average molecular weight is 418 g/mol. The molecule has 0 aliphatic carbocycles. The summed E-state index contributed by atoms with van der Waals surface area (Å²) in [4.78, 5) is 31.5. The smallest absolute Gasteiger partial charge is 0.255 e. The van der Waals surface area contributed by atoms with Crippen LogP contribution in [0, 0.1) is 0 Å². The van der Waals surface area contributed by atoms with E-state index in [-0.39, 0.29) is 11.8 Å². The molecule has 30 heavy (non-hydrogen) atoms. The van der Waals surface area contributed by atoms with E-state index in [1.807, 2.05) is 65.7 Å². The van der Waals surface area contributed by atoms with Crippen molar-refractivity contribution in [2.45, 2.75) is 30.0 Å². The Balaban J connectivity index is 1.34. The van der Waals surface area contributed by atoms with E-state index in [4.69, 9.17) is 0 Å². The third-order valence-corrected chi connectivity index (χ3v) is 6.06. The van der Waals surface area contributed by atoms with Crippen LogP contribution < -0.4 is 5.32 Å². The highest BCUT2D eigenvalue weighted by atomic mass is 32.2. The first-order valence-electron chi connectivity index (χ1n) is 9.97. The van der Waals surface area contributed by atoms with Gasteiger partial charge in [-0.1, -0.05) is 18.2 Å². The van der Waals surface area contributed by atoms with Crippen molar-refractivity contribution >= 4 is 29.3 Å². The summed E-state index contributed by atoms with van der Waals surface area (Å²) >= 11 is 1.71. The molecule has 5 nitrogen and oxygen atoms in total. The number of hydrogen-bond donors (Lipinski definition) is 1. The molecule has 0 atom stereocenters. The maximum absolute atomic E-state index is 12.6. The summed E-state index contributed by atoms with van der Waals surface area (Å²) in [5, 5.41) is 2.95. The molecule has 6 heteroatoms. The standard InChI is InChI=1S/C24H23N3O2S/c28-23-7-3-13-27(23)16-18-4-1-6-21(14-18)26-24(29)20-8-10-22(11-9-20)30-17-19-5-2-12-25-15-19/h1-2,4-6,8-12,14-15H,3,7,13,16-17H2,(H,26,29). The number of aromatic nitrogens is 1. The molecular formula is C24H23N3O2S. The van der Waals surface area contributed by atoms with Crippen molar-refractivity contribution in [3.05, 3.63) is 89.7 Å². The van der Waals surface area contributed by atoms with Crippen LogP contribution in [0.5, 0.6) is 0 Å². The van der Waals surface area contributed by atoms with E-state index in [1.165, 1.54) is 5.56 Å². The Bertz CT molecular complexity index is 1020. The van der Waals surface area contributed by atoms with Crippen molar-refractivity contribution in [3.63, 3.8) is 0 Å². The van der Waals surface area contributed by atoms with Gasteiger partial charge in [-0.3, -0.25) is 14.6 Å². The normalized spacial score (nSPS) is 13.5. The van der Waals surface area contributed by atoms with Crippen LogP contribution in [0.15, 0.2) is 78.0 Å². The largest absolute Gasteiger partial charge is 0.338 e. The number of hydrogen-bond acceptors (Lipinski definition) is 4. The van der Waals surface area contributed by atoms with Crippen molar-refractivity contribution < 1.29 is 9.59 Å². The molecule has 2 amide bonds. The molecule has 4 rings (SSSR count). The van der Waals surface area contributed by atoms with Gasteiger partial charge in [0.25, 0.3) is 5.91 Å². The van der Waals surface area contributed by atoms with Gasteiger partial charge in [0.05, 0.1) is 0 Å². The quantitative estimate of drug-likeness (QED) is 0.564. The number of amides is 2. The van der Waals surface area contributed by atoms with Gasteiger partial charge in [-0.05, 0) is 60.0 Å². The fourth-order valence-electron chi connectivity index (χ4n) is 3.39. The van der Waals surface area contributed by atoms with Crippen molar-refractivity contribution in [2.24, 2.45) is 0 Å². The lowest BCUT2D eigenvalue weighted by Crippen LogP contribution is -2.23. The van der Waals surface area contributed by atoms with Gasteiger partial charge >= 0.3 is 0 Å². The van der Waals surface area contributed by atoms with E-state index in [0.717, 1.165) is 34.9 Å². The predicted molar refractivity (Wildman–Crippen MR) is 119 cm³/mol. The summed E-state index contributed by atoms with van der Waals surface area (Å²) in [6, 6.07) is 19.3. The lowest BCUT2D eigenvalue weighted by molar-refractivity contribution is -0.128. The van der Waals surface area contributed by atoms with Crippen molar-refractivity contribution in [1.29, 1.82) is 0 Å². The van der Waals surface area contributed by atoms with Gasteiger partial charge in [0.2, 0.25) is 5.91 Å². The summed E-state index contributed by atoms with van der Waals surface area (Å²) < 4.78 is 0. The fourth-order valence-corrected chi connectivity index (χ4v) is 4.23. The number of nitrogens with zero attached hydrogens (tertiary/aromatic N) is 2. The second-order valence-corrected chi connectivity index (χ2v) is 8.30. The van der Waals surface area contributed by atoms with Crippen LogP contribution in [-0.2, 0) is 17.1 Å². The molecule has 2 heterocycles. The number of benzene rings is 2. The lowest BCUT2D eigenvalue weighted by atomic mass is 10.1. The zero-order chi connectivity index (χ0) is 20.8. The van der Waals surface area contributed by atoms with Crippen LogP contribution in [-0.4, -0.2) is 28.2 Å². The van der Waals surface area contributed by atoms with Crippen molar-refractivity contribution in [3.8, 4) is 0 Å². The van der Waals surface area contributed by atoms with E-state index < -0.39 is 0 Å². The molecule has 0 spiro atoms. The van der Waals surface area contributed by atoms with Gasteiger partial charge in [0.15, 0.2) is 0 Å². The zero-order valence-electron chi connectivity index (χ0n) is 16.6. The fraction of sp³-hybridized carbons (Fsp3) is 0.208. The number of carbonyl (C=O) groups is 2. The van der Waals surface area contributed by atoms with Crippen LogP contribution >= 0.6 is 11.8 Å². The number of likely N-dealkylation sites (tertiary alicyclic amines) is 1. The highest BCUT2D eigenvalue weighted by molar-refractivity contribution is 7.98. The first-order valence-corrected chi connectivity index (χ1v) is 11.0. The van der Waals surface area contributed by atoms with Crippen molar-refractivity contribution in [2.75, 3.05) is 11.9 Å². The number of pyridine rings is 1. The highest BCUT2D eigenvalue weighted by Crippen LogP contribution is 2.23. The average Bonchev–Trinajstić information content (AvgIpc) is 3.18. The Morgan fingerprint density at radius 1 is 1.07 bits per heavy atom. The molecule has 152 valence electrons. The summed E-state index contributed by atoms with van der Waals surface area (Å²) in [6.07, 6.45) is 5.19. The summed E-state index contributed by atoms with van der Waals surface area (Å²) in [7, 11) is 0. The van der Waals surface area contributed by atoms with E-state index in [2.05, 4.69) is 16.4 Å². The lowest BCUT2D eigenvalue weighted by Gasteiger charge is -2.16. The first kappa shape index (κ1) is 20.2. The van der Waals surface area contributed by atoms with Gasteiger partial charge in [0, 0.05) is 53.8 Å². The maximum Gasteiger partial charge on any atom is 0.255 e. The van der Waals surface area contributed by atoms with Crippen LogP contribution in [0.25, 0.3) is 0 Å². The maximum atomic E-state index is 12.6. The summed E-state index contributed by atoms with van der Waals surface area (Å²) in [5.74, 6) is 0.894. The molecule has 0 bridgehead atoms. The first-order chi connectivity index (χ1) is 14.7. The second kappa shape index (κ2) is 9.59. The molecule has 1 N–H and O–H groups in total. The molecule has 1 saturated heterocycles. The molecule has 0 radical (unpaired) electrons. The molecule has 1 fully saturated rings. The molecule has 2 aromatic carbocycles. The molecule has 3 aromatic rings. The van der Waals surface area contributed by atoms with Gasteiger partial charge in [-0.2, -0.15) is 0 Å². The molecule has 1 aromatic heterocycles. The van der Waals surface area contributed by atoms with Gasteiger partial charge in [-0.25, -0.2) is 0 Å². The topological polar surface area (TPSA) is 62.3 Å². The minimum atomic E-state index is -0.145. The van der Waals surface area contributed by atoms with E-state index >= 15 is 0 Å². The van der Waals surface area contributed by atoms with Crippen LogP contribution in [0.1, 0.15) is 34.3 Å². The third-order valence-electron chi connectivity index (χ3n) is 4.97. The third kappa shape index (κ3) is 5.27. The molecule has 0 saturated carbocycles. The van der Waals surface area contributed by atoms with Gasteiger partial charge in [-0.15, -0.1) is 11.8 Å². The predicted octanol–water partition coefficient (Wildman–Crippen LogP) is 4.75. The van der Waals surface area contributed by atoms with E-state index in [1.54, 1.807) is 18.0 Å². The minimum Gasteiger partial charge on any atom is -0.338 e. The molecule has 1 aliphatic rings. The van der Waals surface area contributed by atoms with Crippen LogP contribution in [0.3, 0.4) is 0 Å². The SMILES string of the molecule is O=C(Nc1cccc(CN2CCCC2=O)c1)c1ccc(SCc2cccnc2)cc1. The van der Waals surface area contributed by atoms with Crippen LogP contribution in [0.4, 0.5) is 5.69 Å². The van der Waals surface area contributed by atoms with E-state index in [9.17, 15) is 9.59 Å². The number of carbonyl (C=O) groups excluding carboxylic acids is 2. The number of thioether (sulfide) groups is 1. The molecule has 0 unspecified atom stereocenters. The Kier molecular flexibility index (Phi) is 6.44. The Labute approximate surface area is 180 Å². The monoisotopic (exact) mass is 417 g/mol. The number of rotatable bonds is 7. The molecule has 1 aliphatic heterocycles. The Morgan fingerprint density at radius 2 is 1.90 bits per heavy atom. The summed E-state index contributed by atoms with van der Waals surface area (Å²) in [6.45, 7) is 1.39. The Morgan fingerprint density at radius 3 is 2.63 bits per heavy atom. The summed E-state index contributed by atoms with van der Waals surface area (Å²) in [5.41, 5.74) is 3.53. The second-order valence-electron chi connectivity index (χ2n) is 7.25. The van der Waals surface area contributed by atoms with Crippen molar-refractivity contribution in [1.82, 2.24) is 9.88 Å². The number of nitrogens with one attached hydrogen (secondary N) is 1. The van der Waals surface area contributed by atoms with E-state index in [0.29, 0.717) is 18.5 Å². The zero-order valence-corrected chi connectivity index (χ0v) is 17.4. The highest BCUT2D eigenvalue weighted by Gasteiger charge is 2.20. The molecular weight excluding hydrogens is 394 g/mol. The van der Waals surface area contributed by atoms with Gasteiger partial charge < -0.3 is 10.2 Å². The minimum absolute atomic E-state index is 0.145. The Hall–Kier alpha value is -3.12. The van der Waals surface area contributed by atoms with Gasteiger partial charge in [0.1, 0.15) is 0 Å².